The number of rotatable bonds is 3. The summed E-state index contributed by atoms with van der Waals surface area (Å²) in [6.45, 7) is 1.87. The molecule has 0 aliphatic heterocycles. The van der Waals surface area contributed by atoms with Crippen LogP contribution in [0, 0.1) is 0 Å². The van der Waals surface area contributed by atoms with Gasteiger partial charge in [0.05, 0.1) is 18.8 Å². The fraction of sp³-hybridized carbons (Fsp3) is 0.214. The van der Waals surface area contributed by atoms with Crippen LogP contribution in [0.15, 0.2) is 36.7 Å². The van der Waals surface area contributed by atoms with E-state index in [1.54, 1.807) is 17.8 Å². The Morgan fingerprint density at radius 1 is 1.20 bits per heavy atom. The van der Waals surface area contributed by atoms with Gasteiger partial charge in [-0.2, -0.15) is 0 Å². The quantitative estimate of drug-likeness (QED) is 0.784. The standard InChI is InChI=1S/C14H15N5O/c1-9(15)14-18-17-13-7-12(16-8-19(13)14)10-3-5-11(20-2)6-4-10/h3-9H,15H2,1-2H3. The van der Waals surface area contributed by atoms with E-state index in [1.165, 1.54) is 0 Å². The molecule has 2 heterocycles. The van der Waals surface area contributed by atoms with Crippen molar-refractivity contribution < 1.29 is 4.74 Å². The zero-order chi connectivity index (χ0) is 14.1. The van der Waals surface area contributed by atoms with E-state index in [1.807, 2.05) is 37.3 Å². The van der Waals surface area contributed by atoms with E-state index in [0.29, 0.717) is 5.82 Å². The maximum atomic E-state index is 5.84. The molecular formula is C14H15N5O. The van der Waals surface area contributed by atoms with Crippen LogP contribution >= 0.6 is 0 Å². The lowest BCUT2D eigenvalue weighted by Crippen LogP contribution is -2.09. The Balaban J connectivity index is 2.04. The molecule has 0 saturated carbocycles. The first-order chi connectivity index (χ1) is 9.69. The number of ether oxygens (including phenoxy) is 1. The smallest absolute Gasteiger partial charge is 0.164 e. The molecule has 0 aliphatic carbocycles. The SMILES string of the molecule is COc1ccc(-c2cc3nnc(C(C)N)n3cn2)cc1. The van der Waals surface area contributed by atoms with Gasteiger partial charge in [-0.05, 0) is 31.2 Å². The van der Waals surface area contributed by atoms with Gasteiger partial charge < -0.3 is 10.5 Å². The van der Waals surface area contributed by atoms with Crippen molar-refractivity contribution in [1.29, 1.82) is 0 Å². The van der Waals surface area contributed by atoms with Gasteiger partial charge in [0.1, 0.15) is 12.1 Å². The maximum Gasteiger partial charge on any atom is 0.164 e. The molecule has 0 fully saturated rings. The largest absolute Gasteiger partial charge is 0.497 e. The second-order valence-electron chi connectivity index (χ2n) is 4.58. The Bertz CT molecular complexity index is 733. The number of benzene rings is 1. The third-order valence-corrected chi connectivity index (χ3v) is 3.12. The lowest BCUT2D eigenvalue weighted by atomic mass is 10.1. The lowest BCUT2D eigenvalue weighted by molar-refractivity contribution is 0.415. The first-order valence-electron chi connectivity index (χ1n) is 6.29. The topological polar surface area (TPSA) is 78.3 Å². The Kier molecular flexibility index (Phi) is 3.08. The van der Waals surface area contributed by atoms with Gasteiger partial charge in [-0.25, -0.2) is 4.98 Å². The van der Waals surface area contributed by atoms with E-state index in [9.17, 15) is 0 Å². The fourth-order valence-electron chi connectivity index (χ4n) is 2.04. The van der Waals surface area contributed by atoms with Crippen LogP contribution in [0.1, 0.15) is 18.8 Å². The molecule has 20 heavy (non-hydrogen) atoms. The summed E-state index contributed by atoms with van der Waals surface area (Å²) in [4.78, 5) is 4.43. The number of hydrogen-bond donors (Lipinski definition) is 1. The Labute approximate surface area is 116 Å². The van der Waals surface area contributed by atoms with Gasteiger partial charge in [0.25, 0.3) is 0 Å². The molecule has 0 spiro atoms. The third kappa shape index (κ3) is 2.10. The molecule has 0 bridgehead atoms. The number of hydrogen-bond acceptors (Lipinski definition) is 5. The van der Waals surface area contributed by atoms with Crippen LogP contribution < -0.4 is 10.5 Å². The van der Waals surface area contributed by atoms with Crippen molar-refractivity contribution in [3.63, 3.8) is 0 Å². The molecule has 0 saturated heterocycles. The minimum atomic E-state index is -0.182. The number of fused-ring (bicyclic) bond motifs is 1. The molecule has 6 heteroatoms. The molecule has 0 amide bonds. The van der Waals surface area contributed by atoms with Gasteiger partial charge >= 0.3 is 0 Å². The highest BCUT2D eigenvalue weighted by molar-refractivity contribution is 5.63. The summed E-state index contributed by atoms with van der Waals surface area (Å²) in [5, 5.41) is 8.21. The van der Waals surface area contributed by atoms with Crippen molar-refractivity contribution in [3.8, 4) is 17.0 Å². The molecular weight excluding hydrogens is 254 g/mol. The van der Waals surface area contributed by atoms with Crippen molar-refractivity contribution in [2.45, 2.75) is 13.0 Å². The van der Waals surface area contributed by atoms with Crippen LogP contribution in [0.5, 0.6) is 5.75 Å². The van der Waals surface area contributed by atoms with Crippen LogP contribution in [0.4, 0.5) is 0 Å². The minimum Gasteiger partial charge on any atom is -0.497 e. The molecule has 1 aromatic carbocycles. The summed E-state index contributed by atoms with van der Waals surface area (Å²) < 4.78 is 6.95. The van der Waals surface area contributed by atoms with Crippen molar-refractivity contribution >= 4 is 5.65 Å². The average Bonchev–Trinajstić information content (AvgIpc) is 2.90. The van der Waals surface area contributed by atoms with E-state index < -0.39 is 0 Å². The van der Waals surface area contributed by atoms with Crippen molar-refractivity contribution in [2.75, 3.05) is 7.11 Å². The number of methoxy groups -OCH3 is 1. The molecule has 3 rings (SSSR count). The predicted molar refractivity (Wildman–Crippen MR) is 75.4 cm³/mol. The zero-order valence-corrected chi connectivity index (χ0v) is 11.3. The van der Waals surface area contributed by atoms with Gasteiger partial charge in [-0.15, -0.1) is 10.2 Å². The minimum absolute atomic E-state index is 0.182. The van der Waals surface area contributed by atoms with E-state index in [2.05, 4.69) is 15.2 Å². The molecule has 6 nitrogen and oxygen atoms in total. The number of nitrogens with two attached hydrogens (primary N) is 1. The van der Waals surface area contributed by atoms with Crippen LogP contribution in [-0.2, 0) is 0 Å². The number of nitrogens with zero attached hydrogens (tertiary/aromatic N) is 4. The molecule has 2 aromatic heterocycles. The molecule has 3 aromatic rings. The molecule has 0 radical (unpaired) electrons. The monoisotopic (exact) mass is 269 g/mol. The summed E-state index contributed by atoms with van der Waals surface area (Å²) in [5.74, 6) is 1.52. The summed E-state index contributed by atoms with van der Waals surface area (Å²) >= 11 is 0. The maximum absolute atomic E-state index is 5.84. The van der Waals surface area contributed by atoms with Crippen LogP contribution in [0.3, 0.4) is 0 Å². The Morgan fingerprint density at radius 3 is 2.60 bits per heavy atom. The van der Waals surface area contributed by atoms with Crippen molar-refractivity contribution in [3.05, 3.63) is 42.5 Å². The highest BCUT2D eigenvalue weighted by atomic mass is 16.5. The molecule has 1 atom stereocenters. The van der Waals surface area contributed by atoms with Gasteiger partial charge in [0, 0.05) is 11.6 Å². The molecule has 0 aliphatic rings. The molecule has 1 unspecified atom stereocenters. The van der Waals surface area contributed by atoms with Gasteiger partial charge in [-0.3, -0.25) is 4.40 Å². The summed E-state index contributed by atoms with van der Waals surface area (Å²) in [5.41, 5.74) is 8.41. The fourth-order valence-corrected chi connectivity index (χ4v) is 2.04. The van der Waals surface area contributed by atoms with Crippen molar-refractivity contribution in [1.82, 2.24) is 19.6 Å². The summed E-state index contributed by atoms with van der Waals surface area (Å²) in [6, 6.07) is 9.43. The highest BCUT2D eigenvalue weighted by Gasteiger charge is 2.11. The number of aromatic nitrogens is 4. The normalized spacial score (nSPS) is 12.6. The van der Waals surface area contributed by atoms with Crippen LogP contribution in [-0.4, -0.2) is 26.7 Å². The van der Waals surface area contributed by atoms with Crippen molar-refractivity contribution in [2.24, 2.45) is 5.73 Å². The third-order valence-electron chi connectivity index (χ3n) is 3.12. The summed E-state index contributed by atoms with van der Waals surface area (Å²) in [6.07, 6.45) is 1.70. The molecule has 2 N–H and O–H groups in total. The Morgan fingerprint density at radius 2 is 1.95 bits per heavy atom. The van der Waals surface area contributed by atoms with E-state index >= 15 is 0 Å². The van der Waals surface area contributed by atoms with E-state index in [-0.39, 0.29) is 6.04 Å². The highest BCUT2D eigenvalue weighted by Crippen LogP contribution is 2.21. The lowest BCUT2D eigenvalue weighted by Gasteiger charge is -2.05. The molecule has 102 valence electrons. The zero-order valence-electron chi connectivity index (χ0n) is 11.3. The Hall–Kier alpha value is -2.47. The van der Waals surface area contributed by atoms with E-state index in [0.717, 1.165) is 22.7 Å². The van der Waals surface area contributed by atoms with Gasteiger partial charge in [0.2, 0.25) is 0 Å². The van der Waals surface area contributed by atoms with Crippen LogP contribution in [0.2, 0.25) is 0 Å². The summed E-state index contributed by atoms with van der Waals surface area (Å²) in [7, 11) is 1.64. The average molecular weight is 269 g/mol. The predicted octanol–water partition coefficient (Wildman–Crippen LogP) is 1.82. The second-order valence-corrected chi connectivity index (χ2v) is 4.58. The first kappa shape index (κ1) is 12.6. The van der Waals surface area contributed by atoms with E-state index in [4.69, 9.17) is 10.5 Å². The van der Waals surface area contributed by atoms with Crippen LogP contribution in [0.25, 0.3) is 16.9 Å². The van der Waals surface area contributed by atoms with Gasteiger partial charge in [-0.1, -0.05) is 0 Å². The second kappa shape index (κ2) is 4.90. The first-order valence-corrected chi connectivity index (χ1v) is 6.29. The van der Waals surface area contributed by atoms with Gasteiger partial charge in [0.15, 0.2) is 11.5 Å².